The van der Waals surface area contributed by atoms with E-state index in [9.17, 15) is 0 Å². The summed E-state index contributed by atoms with van der Waals surface area (Å²) in [5.41, 5.74) is 2.32. The molecule has 0 aliphatic heterocycles. The molecule has 0 bridgehead atoms. The predicted molar refractivity (Wildman–Crippen MR) is 63.7 cm³/mol. The van der Waals surface area contributed by atoms with E-state index in [1.54, 1.807) is 0 Å². The van der Waals surface area contributed by atoms with Crippen LogP contribution in [0.5, 0.6) is 0 Å². The van der Waals surface area contributed by atoms with E-state index in [0.29, 0.717) is 0 Å². The van der Waals surface area contributed by atoms with E-state index in [-0.39, 0.29) is 0 Å². The van der Waals surface area contributed by atoms with Crippen molar-refractivity contribution in [3.63, 3.8) is 0 Å². The molecule has 0 aliphatic rings. The highest BCUT2D eigenvalue weighted by Crippen LogP contribution is 2.02. The van der Waals surface area contributed by atoms with Crippen molar-refractivity contribution in [3.8, 4) is 0 Å². The van der Waals surface area contributed by atoms with Gasteiger partial charge in [-0.15, -0.1) is 0 Å². The highest BCUT2D eigenvalue weighted by molar-refractivity contribution is 5.01. The summed E-state index contributed by atoms with van der Waals surface area (Å²) in [6.45, 7) is 11.0. The van der Waals surface area contributed by atoms with Crippen LogP contribution in [0.2, 0.25) is 0 Å². The van der Waals surface area contributed by atoms with Crippen molar-refractivity contribution >= 4 is 0 Å². The Hall–Kier alpha value is -1.09. The van der Waals surface area contributed by atoms with E-state index in [0.717, 1.165) is 38.2 Å². The standard InChI is InChI=1S/C12H21N3/c1-4-7-13-9-12-6-8-15(14-12)10-11(3)5-2/h6,8,13H,3-5,7,9-10H2,1-2H3. The van der Waals surface area contributed by atoms with Crippen molar-refractivity contribution < 1.29 is 0 Å². The summed E-state index contributed by atoms with van der Waals surface area (Å²) < 4.78 is 1.95. The fraction of sp³-hybridized carbons (Fsp3) is 0.583. The van der Waals surface area contributed by atoms with Crippen LogP contribution < -0.4 is 5.32 Å². The maximum Gasteiger partial charge on any atom is 0.0762 e. The average molecular weight is 207 g/mol. The van der Waals surface area contributed by atoms with Crippen LogP contribution in [0.3, 0.4) is 0 Å². The second-order valence-corrected chi connectivity index (χ2v) is 3.78. The van der Waals surface area contributed by atoms with Gasteiger partial charge < -0.3 is 5.32 Å². The van der Waals surface area contributed by atoms with Gasteiger partial charge in [-0.1, -0.05) is 26.0 Å². The highest BCUT2D eigenvalue weighted by Gasteiger charge is 1.99. The Balaban J connectivity index is 2.38. The third kappa shape index (κ3) is 4.30. The molecular weight excluding hydrogens is 186 g/mol. The van der Waals surface area contributed by atoms with Gasteiger partial charge in [0.15, 0.2) is 0 Å². The quantitative estimate of drug-likeness (QED) is 0.549. The number of nitrogens with zero attached hydrogens (tertiary/aromatic N) is 2. The number of allylic oxidation sites excluding steroid dienone is 1. The fourth-order valence-corrected chi connectivity index (χ4v) is 1.32. The minimum atomic E-state index is 0.838. The van der Waals surface area contributed by atoms with Crippen LogP contribution in [0.1, 0.15) is 32.4 Å². The SMILES string of the molecule is C=C(CC)Cn1ccc(CNCCC)n1. The van der Waals surface area contributed by atoms with Gasteiger partial charge in [-0.3, -0.25) is 4.68 Å². The molecule has 1 aromatic heterocycles. The summed E-state index contributed by atoms with van der Waals surface area (Å²) in [6.07, 6.45) is 4.19. The second-order valence-electron chi connectivity index (χ2n) is 3.78. The zero-order chi connectivity index (χ0) is 11.1. The lowest BCUT2D eigenvalue weighted by molar-refractivity contribution is 0.620. The van der Waals surface area contributed by atoms with E-state index < -0.39 is 0 Å². The van der Waals surface area contributed by atoms with E-state index in [1.807, 2.05) is 10.9 Å². The first-order valence-electron chi connectivity index (χ1n) is 5.66. The molecule has 3 heteroatoms. The molecule has 1 heterocycles. The van der Waals surface area contributed by atoms with Gasteiger partial charge in [0.05, 0.1) is 12.2 Å². The molecule has 0 unspecified atom stereocenters. The van der Waals surface area contributed by atoms with Crippen LogP contribution in [0, 0.1) is 0 Å². The minimum absolute atomic E-state index is 0.838. The molecule has 84 valence electrons. The topological polar surface area (TPSA) is 29.9 Å². The number of rotatable bonds is 7. The van der Waals surface area contributed by atoms with E-state index in [4.69, 9.17) is 0 Å². The molecule has 0 fully saturated rings. The Kier molecular flexibility index (Phi) is 5.12. The first kappa shape index (κ1) is 12.0. The molecule has 0 aromatic carbocycles. The van der Waals surface area contributed by atoms with Crippen molar-refractivity contribution in [2.75, 3.05) is 6.54 Å². The molecule has 0 atom stereocenters. The lowest BCUT2D eigenvalue weighted by Gasteiger charge is -2.02. The molecule has 0 saturated carbocycles. The van der Waals surface area contributed by atoms with Gasteiger partial charge in [0.1, 0.15) is 0 Å². The minimum Gasteiger partial charge on any atom is -0.311 e. The average Bonchev–Trinajstić information content (AvgIpc) is 2.66. The maximum absolute atomic E-state index is 4.46. The molecular formula is C12H21N3. The largest absolute Gasteiger partial charge is 0.311 e. The van der Waals surface area contributed by atoms with Gasteiger partial charge in [-0.05, 0) is 25.5 Å². The zero-order valence-corrected chi connectivity index (χ0v) is 9.79. The van der Waals surface area contributed by atoms with Crippen LogP contribution >= 0.6 is 0 Å². The molecule has 0 spiro atoms. The van der Waals surface area contributed by atoms with Crippen LogP contribution in [-0.4, -0.2) is 16.3 Å². The first-order chi connectivity index (χ1) is 7.26. The summed E-state index contributed by atoms with van der Waals surface area (Å²) in [5.74, 6) is 0. The Labute approximate surface area is 92.2 Å². The summed E-state index contributed by atoms with van der Waals surface area (Å²) in [5, 5.41) is 7.80. The van der Waals surface area contributed by atoms with Gasteiger partial charge in [-0.2, -0.15) is 5.10 Å². The van der Waals surface area contributed by atoms with Gasteiger partial charge in [0, 0.05) is 12.7 Å². The molecule has 3 nitrogen and oxygen atoms in total. The van der Waals surface area contributed by atoms with Gasteiger partial charge in [0.2, 0.25) is 0 Å². The molecule has 0 aliphatic carbocycles. The second kappa shape index (κ2) is 6.40. The smallest absolute Gasteiger partial charge is 0.0762 e. The van der Waals surface area contributed by atoms with Crippen LogP contribution in [0.4, 0.5) is 0 Å². The Morgan fingerprint density at radius 3 is 3.00 bits per heavy atom. The first-order valence-corrected chi connectivity index (χ1v) is 5.66. The number of hydrogen-bond donors (Lipinski definition) is 1. The van der Waals surface area contributed by atoms with Crippen molar-refractivity contribution in [2.45, 2.75) is 39.8 Å². The maximum atomic E-state index is 4.46. The number of nitrogens with one attached hydrogen (secondary N) is 1. The monoisotopic (exact) mass is 207 g/mol. The number of hydrogen-bond acceptors (Lipinski definition) is 2. The number of aromatic nitrogens is 2. The zero-order valence-electron chi connectivity index (χ0n) is 9.79. The Morgan fingerprint density at radius 2 is 2.33 bits per heavy atom. The van der Waals surface area contributed by atoms with Crippen molar-refractivity contribution in [2.24, 2.45) is 0 Å². The normalized spacial score (nSPS) is 10.5. The third-order valence-electron chi connectivity index (χ3n) is 2.31. The molecule has 1 rings (SSSR count). The lowest BCUT2D eigenvalue weighted by atomic mass is 10.2. The lowest BCUT2D eigenvalue weighted by Crippen LogP contribution is -2.14. The summed E-state index contributed by atoms with van der Waals surface area (Å²) in [7, 11) is 0. The van der Waals surface area contributed by atoms with Gasteiger partial charge in [-0.25, -0.2) is 0 Å². The molecule has 1 aromatic rings. The van der Waals surface area contributed by atoms with Gasteiger partial charge in [0.25, 0.3) is 0 Å². The van der Waals surface area contributed by atoms with Crippen LogP contribution in [-0.2, 0) is 13.1 Å². The molecule has 1 N–H and O–H groups in total. The fourth-order valence-electron chi connectivity index (χ4n) is 1.32. The van der Waals surface area contributed by atoms with E-state index in [2.05, 4.69) is 36.9 Å². The molecule has 0 radical (unpaired) electrons. The summed E-state index contributed by atoms with van der Waals surface area (Å²) in [6, 6.07) is 2.06. The molecule has 0 amide bonds. The molecule has 15 heavy (non-hydrogen) atoms. The Morgan fingerprint density at radius 1 is 1.53 bits per heavy atom. The van der Waals surface area contributed by atoms with E-state index >= 15 is 0 Å². The van der Waals surface area contributed by atoms with E-state index in [1.165, 1.54) is 5.57 Å². The summed E-state index contributed by atoms with van der Waals surface area (Å²) in [4.78, 5) is 0. The predicted octanol–water partition coefficient (Wildman–Crippen LogP) is 2.35. The van der Waals surface area contributed by atoms with Crippen LogP contribution in [0.15, 0.2) is 24.4 Å². The van der Waals surface area contributed by atoms with Gasteiger partial charge >= 0.3 is 0 Å². The van der Waals surface area contributed by atoms with Crippen molar-refractivity contribution in [3.05, 3.63) is 30.1 Å². The van der Waals surface area contributed by atoms with Crippen molar-refractivity contribution in [1.29, 1.82) is 0 Å². The Bertz CT molecular complexity index is 302. The third-order valence-corrected chi connectivity index (χ3v) is 2.31. The highest BCUT2D eigenvalue weighted by atomic mass is 15.3. The van der Waals surface area contributed by atoms with Crippen molar-refractivity contribution in [1.82, 2.24) is 15.1 Å². The summed E-state index contributed by atoms with van der Waals surface area (Å²) >= 11 is 0. The van der Waals surface area contributed by atoms with Crippen LogP contribution in [0.25, 0.3) is 0 Å². The molecule has 0 saturated heterocycles.